The number of ether oxygens (including phenoxy) is 1. The predicted octanol–water partition coefficient (Wildman–Crippen LogP) is 3.44. The van der Waals surface area contributed by atoms with Crippen molar-refractivity contribution in [3.05, 3.63) is 65.4 Å². The number of carboxylic acid groups (broad SMARTS) is 1. The molecule has 0 atom stereocenters. The molecule has 26 heavy (non-hydrogen) atoms. The van der Waals surface area contributed by atoms with Gasteiger partial charge in [0.25, 0.3) is 0 Å². The van der Waals surface area contributed by atoms with E-state index < -0.39 is 12.1 Å². The summed E-state index contributed by atoms with van der Waals surface area (Å²) in [6.07, 6.45) is 0.670. The van der Waals surface area contributed by atoms with Crippen LogP contribution in [0.3, 0.4) is 0 Å². The normalized spacial score (nSPS) is 11.0. The van der Waals surface area contributed by atoms with Crippen LogP contribution < -0.4 is 5.46 Å². The smallest absolute Gasteiger partial charge is 0.418 e. The van der Waals surface area contributed by atoms with Crippen LogP contribution in [-0.2, 0) is 11.3 Å². The van der Waals surface area contributed by atoms with Crippen LogP contribution in [0.2, 0.25) is 0 Å². The average molecular weight is 347 g/mol. The first-order chi connectivity index (χ1) is 12.4. The van der Waals surface area contributed by atoms with Gasteiger partial charge in [0.1, 0.15) is 14.5 Å². The van der Waals surface area contributed by atoms with E-state index in [0.29, 0.717) is 16.4 Å². The third-order valence-electron chi connectivity index (χ3n) is 4.21. The van der Waals surface area contributed by atoms with Gasteiger partial charge in [-0.2, -0.15) is 0 Å². The van der Waals surface area contributed by atoms with Crippen LogP contribution in [0.15, 0.2) is 48.7 Å². The van der Waals surface area contributed by atoms with Crippen LogP contribution in [0.25, 0.3) is 10.9 Å². The molecule has 130 valence electrons. The van der Waals surface area contributed by atoms with E-state index in [1.165, 1.54) is 10.8 Å². The van der Waals surface area contributed by atoms with E-state index in [1.54, 1.807) is 12.1 Å². The molecule has 0 bridgehead atoms. The first-order valence-corrected chi connectivity index (χ1v) is 8.27. The van der Waals surface area contributed by atoms with Crippen LogP contribution in [0.4, 0.5) is 4.79 Å². The van der Waals surface area contributed by atoms with E-state index in [-0.39, 0.29) is 18.1 Å². The molecule has 0 aliphatic carbocycles. The molecule has 0 aliphatic rings. The number of carboxylic acids is 1. The third kappa shape index (κ3) is 3.35. The zero-order valence-corrected chi connectivity index (χ0v) is 14.6. The molecule has 0 saturated carbocycles. The lowest BCUT2D eigenvalue weighted by Gasteiger charge is -2.13. The maximum atomic E-state index is 12.6. The quantitative estimate of drug-likeness (QED) is 0.734. The van der Waals surface area contributed by atoms with E-state index >= 15 is 0 Å². The van der Waals surface area contributed by atoms with Crippen molar-refractivity contribution in [1.29, 1.82) is 0 Å². The summed E-state index contributed by atoms with van der Waals surface area (Å²) >= 11 is 0. The molecular weight excluding hydrogens is 329 g/mol. The summed E-state index contributed by atoms with van der Waals surface area (Å²) in [4.78, 5) is 24.3. The highest BCUT2D eigenvalue weighted by molar-refractivity contribution is 6.33. The molecule has 3 aromatic rings. The molecule has 5 nitrogen and oxygen atoms in total. The zero-order chi connectivity index (χ0) is 18.8. The van der Waals surface area contributed by atoms with Crippen molar-refractivity contribution >= 4 is 36.3 Å². The number of aromatic nitrogens is 1. The fourth-order valence-electron chi connectivity index (χ4n) is 2.96. The Morgan fingerprint density at radius 3 is 2.50 bits per heavy atom. The highest BCUT2D eigenvalue weighted by atomic mass is 16.5. The Kier molecular flexibility index (Phi) is 4.84. The number of rotatable bonds is 4. The second kappa shape index (κ2) is 7.08. The summed E-state index contributed by atoms with van der Waals surface area (Å²) in [5.41, 5.74) is 2.64. The number of carbonyl (C=O) groups excluding carboxylic acids is 1. The van der Waals surface area contributed by atoms with Crippen molar-refractivity contribution < 1.29 is 19.4 Å². The molecule has 0 unspecified atom stereocenters. The fraction of sp³-hybridized carbons (Fsp3) is 0.200. The molecule has 0 fully saturated rings. The van der Waals surface area contributed by atoms with E-state index in [9.17, 15) is 14.7 Å². The van der Waals surface area contributed by atoms with Crippen molar-refractivity contribution in [1.82, 2.24) is 4.57 Å². The largest absolute Gasteiger partial charge is 0.478 e. The molecule has 3 rings (SSSR count). The second-order valence-corrected chi connectivity index (χ2v) is 6.42. The standard InChI is InChI=1S/C20H18BNO4/c1-12(2)15-8-14(21)9-16-17(19(23)24)10-22(18(15)16)20(25)26-11-13-6-4-3-5-7-13/h3-10,12H,11H2,1-2H3,(H,23,24). The van der Waals surface area contributed by atoms with Gasteiger partial charge >= 0.3 is 12.1 Å². The number of aromatic carboxylic acids is 1. The summed E-state index contributed by atoms with van der Waals surface area (Å²) in [7, 11) is 5.93. The van der Waals surface area contributed by atoms with Gasteiger partial charge in [-0.3, -0.25) is 4.57 Å². The van der Waals surface area contributed by atoms with Gasteiger partial charge in [-0.1, -0.05) is 61.8 Å². The van der Waals surface area contributed by atoms with Crippen LogP contribution >= 0.6 is 0 Å². The monoisotopic (exact) mass is 347 g/mol. The molecule has 1 N–H and O–H groups in total. The summed E-state index contributed by atoms with van der Waals surface area (Å²) in [6, 6.07) is 12.6. The van der Waals surface area contributed by atoms with E-state index in [1.807, 2.05) is 44.2 Å². The summed E-state index contributed by atoms with van der Waals surface area (Å²) in [5, 5.41) is 9.93. The first kappa shape index (κ1) is 17.8. The Hall–Kier alpha value is -3.02. The van der Waals surface area contributed by atoms with Crippen LogP contribution in [0.1, 0.15) is 41.3 Å². The Labute approximate surface area is 152 Å². The molecule has 0 spiro atoms. The molecule has 0 saturated heterocycles. The van der Waals surface area contributed by atoms with Gasteiger partial charge in [0, 0.05) is 11.6 Å². The highest BCUT2D eigenvalue weighted by Gasteiger charge is 2.22. The molecule has 2 radical (unpaired) electrons. The number of carbonyl (C=O) groups is 2. The van der Waals surface area contributed by atoms with Gasteiger partial charge in [-0.25, -0.2) is 9.59 Å². The van der Waals surface area contributed by atoms with E-state index in [2.05, 4.69) is 0 Å². The molecule has 0 aliphatic heterocycles. The molecule has 1 aromatic heterocycles. The number of hydrogen-bond acceptors (Lipinski definition) is 3. The Morgan fingerprint density at radius 2 is 1.88 bits per heavy atom. The van der Waals surface area contributed by atoms with Crippen molar-refractivity contribution in [2.24, 2.45) is 0 Å². The Morgan fingerprint density at radius 1 is 1.19 bits per heavy atom. The Balaban J connectivity index is 2.07. The number of nitrogens with zero attached hydrogens (tertiary/aromatic N) is 1. The van der Waals surface area contributed by atoms with E-state index in [4.69, 9.17) is 12.6 Å². The minimum absolute atomic E-state index is 0.0193. The lowest BCUT2D eigenvalue weighted by Crippen LogP contribution is -2.15. The minimum atomic E-state index is -1.12. The van der Waals surface area contributed by atoms with E-state index in [0.717, 1.165) is 11.1 Å². The molecule has 1 heterocycles. The first-order valence-electron chi connectivity index (χ1n) is 8.27. The SMILES string of the molecule is [B]c1cc(C(C)C)c2c(c1)c(C(=O)O)cn2C(=O)OCc1ccccc1. The lowest BCUT2D eigenvalue weighted by atomic mass is 9.88. The van der Waals surface area contributed by atoms with Gasteiger partial charge in [0.15, 0.2) is 0 Å². The van der Waals surface area contributed by atoms with Crippen molar-refractivity contribution in [2.75, 3.05) is 0 Å². The highest BCUT2D eigenvalue weighted by Crippen LogP contribution is 2.29. The van der Waals surface area contributed by atoms with Crippen LogP contribution in [-0.4, -0.2) is 29.6 Å². The van der Waals surface area contributed by atoms with Crippen LogP contribution in [0.5, 0.6) is 0 Å². The molecule has 6 heteroatoms. The molecule has 0 amide bonds. The lowest BCUT2D eigenvalue weighted by molar-refractivity contribution is 0.0699. The van der Waals surface area contributed by atoms with Crippen molar-refractivity contribution in [3.8, 4) is 0 Å². The topological polar surface area (TPSA) is 68.5 Å². The maximum absolute atomic E-state index is 12.6. The number of benzene rings is 2. The second-order valence-electron chi connectivity index (χ2n) is 6.42. The van der Waals surface area contributed by atoms with Crippen molar-refractivity contribution in [2.45, 2.75) is 26.4 Å². The third-order valence-corrected chi connectivity index (χ3v) is 4.21. The van der Waals surface area contributed by atoms with Gasteiger partial charge in [0.05, 0.1) is 11.1 Å². The van der Waals surface area contributed by atoms with Gasteiger partial charge in [-0.15, -0.1) is 0 Å². The predicted molar refractivity (Wildman–Crippen MR) is 100 cm³/mol. The zero-order valence-electron chi connectivity index (χ0n) is 14.6. The average Bonchev–Trinajstić information content (AvgIpc) is 2.99. The van der Waals surface area contributed by atoms with Crippen LogP contribution in [0, 0.1) is 0 Å². The molecular formula is C20H18BNO4. The minimum Gasteiger partial charge on any atom is -0.478 e. The fourth-order valence-corrected chi connectivity index (χ4v) is 2.96. The summed E-state index contributed by atoms with van der Waals surface area (Å²) in [6.45, 7) is 4.02. The maximum Gasteiger partial charge on any atom is 0.418 e. The Bertz CT molecular complexity index is 976. The van der Waals surface area contributed by atoms with Gasteiger partial charge in [-0.05, 0) is 17.0 Å². The number of fused-ring (bicyclic) bond motifs is 1. The van der Waals surface area contributed by atoms with Gasteiger partial charge < -0.3 is 9.84 Å². The van der Waals surface area contributed by atoms with Crippen molar-refractivity contribution in [3.63, 3.8) is 0 Å². The number of hydrogen-bond donors (Lipinski definition) is 1. The summed E-state index contributed by atoms with van der Waals surface area (Å²) in [5.74, 6) is -1.07. The molecule has 2 aromatic carbocycles. The van der Waals surface area contributed by atoms with Gasteiger partial charge in [0.2, 0.25) is 0 Å². The summed E-state index contributed by atoms with van der Waals surface area (Å²) < 4.78 is 6.64.